The number of halogens is 3. The highest BCUT2D eigenvalue weighted by Crippen LogP contribution is 2.23. The van der Waals surface area contributed by atoms with Crippen LogP contribution in [0.1, 0.15) is 15.9 Å². The lowest BCUT2D eigenvalue weighted by molar-refractivity contribution is -0.123. The van der Waals surface area contributed by atoms with Gasteiger partial charge in [0.15, 0.2) is 6.61 Å². The molecule has 0 saturated carbocycles. The van der Waals surface area contributed by atoms with Crippen molar-refractivity contribution >= 4 is 57.2 Å². The lowest BCUT2D eigenvalue weighted by Gasteiger charge is -2.07. The molecule has 0 unspecified atom stereocenters. The van der Waals surface area contributed by atoms with Crippen LogP contribution in [0.15, 0.2) is 76.3 Å². The highest BCUT2D eigenvalue weighted by atomic mass is 79.9. The number of nitrogens with one attached hydrogen (secondary N) is 1. The largest absolute Gasteiger partial charge is 0.484 e. The van der Waals surface area contributed by atoms with Gasteiger partial charge in [0.05, 0.1) is 16.8 Å². The number of ether oxygens (including phenoxy) is 2. The second-order valence-electron chi connectivity index (χ2n) is 6.12. The van der Waals surface area contributed by atoms with Crippen molar-refractivity contribution in [2.45, 2.75) is 0 Å². The first-order valence-electron chi connectivity index (χ1n) is 8.88. The summed E-state index contributed by atoms with van der Waals surface area (Å²) in [5.41, 5.74) is 3.18. The van der Waals surface area contributed by atoms with Gasteiger partial charge in [0.1, 0.15) is 11.5 Å². The van der Waals surface area contributed by atoms with E-state index in [9.17, 15) is 9.59 Å². The maximum atomic E-state index is 12.3. The average Bonchev–Trinajstić information content (AvgIpc) is 2.73. The van der Waals surface area contributed by atoms with Crippen molar-refractivity contribution in [3.8, 4) is 11.5 Å². The predicted octanol–water partition coefficient (Wildman–Crippen LogP) is 5.50. The first-order valence-corrected chi connectivity index (χ1v) is 10.4. The molecule has 0 fully saturated rings. The van der Waals surface area contributed by atoms with Gasteiger partial charge in [-0.3, -0.25) is 4.79 Å². The molecule has 0 aromatic heterocycles. The third-order valence-corrected chi connectivity index (χ3v) is 4.88. The summed E-state index contributed by atoms with van der Waals surface area (Å²) >= 11 is 15.2. The first-order chi connectivity index (χ1) is 14.9. The molecular weight excluding hydrogens is 507 g/mol. The van der Waals surface area contributed by atoms with Crippen LogP contribution in [0, 0.1) is 0 Å². The number of amides is 1. The van der Waals surface area contributed by atoms with E-state index in [2.05, 4.69) is 26.5 Å². The number of hydrazone groups is 1. The SMILES string of the molecule is O=C(COc1ccc(Br)cc1)N/N=C/c1cccc(OC(=O)c2ccc(Cl)cc2Cl)c1. The van der Waals surface area contributed by atoms with Crippen molar-refractivity contribution in [1.29, 1.82) is 0 Å². The Hall–Kier alpha value is -2.87. The first kappa shape index (κ1) is 22.8. The Morgan fingerprint density at radius 3 is 2.52 bits per heavy atom. The van der Waals surface area contributed by atoms with Crippen LogP contribution in [0.3, 0.4) is 0 Å². The number of rotatable bonds is 7. The van der Waals surface area contributed by atoms with E-state index >= 15 is 0 Å². The third kappa shape index (κ3) is 7.10. The maximum Gasteiger partial charge on any atom is 0.345 e. The van der Waals surface area contributed by atoms with Gasteiger partial charge in [0.25, 0.3) is 5.91 Å². The molecule has 0 spiro atoms. The molecule has 158 valence electrons. The van der Waals surface area contributed by atoms with E-state index in [-0.39, 0.29) is 17.2 Å². The smallest absolute Gasteiger partial charge is 0.345 e. The number of benzene rings is 3. The van der Waals surface area contributed by atoms with Crippen molar-refractivity contribution in [3.63, 3.8) is 0 Å². The van der Waals surface area contributed by atoms with E-state index in [4.69, 9.17) is 32.7 Å². The van der Waals surface area contributed by atoms with Gasteiger partial charge in [-0.05, 0) is 60.2 Å². The standard InChI is InChI=1S/C22H15BrCl2N2O4/c23-15-4-7-17(8-5-15)30-13-21(28)27-26-12-14-2-1-3-18(10-14)31-22(29)19-9-6-16(24)11-20(19)25/h1-12H,13H2,(H,27,28)/b26-12+. The fourth-order valence-corrected chi connectivity index (χ4v) is 3.12. The van der Waals surface area contributed by atoms with Crippen LogP contribution in [0.4, 0.5) is 0 Å². The van der Waals surface area contributed by atoms with Gasteiger partial charge in [-0.25, -0.2) is 10.2 Å². The van der Waals surface area contributed by atoms with Crippen LogP contribution >= 0.6 is 39.1 Å². The maximum absolute atomic E-state index is 12.3. The highest BCUT2D eigenvalue weighted by molar-refractivity contribution is 9.10. The molecule has 6 nitrogen and oxygen atoms in total. The van der Waals surface area contributed by atoms with E-state index in [1.54, 1.807) is 42.5 Å². The molecule has 0 aliphatic rings. The molecule has 1 N–H and O–H groups in total. The number of hydrogen-bond donors (Lipinski definition) is 1. The van der Waals surface area contributed by atoms with Gasteiger partial charge in [0.2, 0.25) is 0 Å². The van der Waals surface area contributed by atoms with E-state index in [0.717, 1.165) is 4.47 Å². The zero-order chi connectivity index (χ0) is 22.2. The molecule has 3 aromatic rings. The fourth-order valence-electron chi connectivity index (χ4n) is 2.37. The van der Waals surface area contributed by atoms with Crippen molar-refractivity contribution in [3.05, 3.63) is 92.4 Å². The fraction of sp³-hybridized carbons (Fsp3) is 0.0455. The van der Waals surface area contributed by atoms with E-state index in [1.807, 2.05) is 12.1 Å². The highest BCUT2D eigenvalue weighted by Gasteiger charge is 2.13. The Kier molecular flexibility index (Phi) is 8.06. The van der Waals surface area contributed by atoms with E-state index in [1.165, 1.54) is 18.3 Å². The second-order valence-corrected chi connectivity index (χ2v) is 7.88. The molecule has 0 radical (unpaired) electrons. The van der Waals surface area contributed by atoms with Crippen LogP contribution in [0.25, 0.3) is 0 Å². The molecule has 3 rings (SSSR count). The van der Waals surface area contributed by atoms with Gasteiger partial charge in [-0.2, -0.15) is 5.10 Å². The number of hydrogen-bond acceptors (Lipinski definition) is 5. The summed E-state index contributed by atoms with van der Waals surface area (Å²) in [5.74, 6) is -0.171. The summed E-state index contributed by atoms with van der Waals surface area (Å²) < 4.78 is 11.6. The van der Waals surface area contributed by atoms with Crippen molar-refractivity contribution in [2.24, 2.45) is 5.10 Å². The van der Waals surface area contributed by atoms with Crippen molar-refractivity contribution in [2.75, 3.05) is 6.61 Å². The molecule has 1 amide bonds. The van der Waals surface area contributed by atoms with Gasteiger partial charge in [-0.15, -0.1) is 0 Å². The summed E-state index contributed by atoms with van der Waals surface area (Å²) in [5, 5.41) is 4.50. The molecule has 3 aromatic carbocycles. The predicted molar refractivity (Wildman–Crippen MR) is 123 cm³/mol. The minimum Gasteiger partial charge on any atom is -0.484 e. The Balaban J connectivity index is 1.53. The van der Waals surface area contributed by atoms with Gasteiger partial charge in [-0.1, -0.05) is 51.3 Å². The molecule has 0 saturated heterocycles. The Morgan fingerprint density at radius 2 is 1.77 bits per heavy atom. The summed E-state index contributed by atoms with van der Waals surface area (Å²) in [6.07, 6.45) is 1.42. The Bertz CT molecular complexity index is 1120. The van der Waals surface area contributed by atoms with Crippen LogP contribution in [-0.2, 0) is 4.79 Å². The normalized spacial score (nSPS) is 10.7. The van der Waals surface area contributed by atoms with Crippen LogP contribution in [-0.4, -0.2) is 24.7 Å². The molecule has 0 atom stereocenters. The molecular formula is C22H15BrCl2N2O4. The lowest BCUT2D eigenvalue weighted by Crippen LogP contribution is -2.24. The zero-order valence-corrected chi connectivity index (χ0v) is 18.9. The zero-order valence-electron chi connectivity index (χ0n) is 15.8. The lowest BCUT2D eigenvalue weighted by atomic mass is 10.2. The molecule has 0 heterocycles. The summed E-state index contributed by atoms with van der Waals surface area (Å²) in [4.78, 5) is 24.2. The minimum absolute atomic E-state index is 0.182. The third-order valence-electron chi connectivity index (χ3n) is 3.81. The monoisotopic (exact) mass is 520 g/mol. The molecule has 0 aliphatic heterocycles. The molecule has 0 aliphatic carbocycles. The Morgan fingerprint density at radius 1 is 1.00 bits per heavy atom. The summed E-state index contributed by atoms with van der Waals surface area (Å²) in [6.45, 7) is -0.182. The number of carbonyl (C=O) groups excluding carboxylic acids is 2. The van der Waals surface area contributed by atoms with Gasteiger partial charge >= 0.3 is 5.97 Å². The van der Waals surface area contributed by atoms with Gasteiger partial charge < -0.3 is 9.47 Å². The van der Waals surface area contributed by atoms with Crippen LogP contribution in [0.5, 0.6) is 11.5 Å². The number of nitrogens with zero attached hydrogens (tertiary/aromatic N) is 1. The minimum atomic E-state index is -0.617. The molecule has 31 heavy (non-hydrogen) atoms. The summed E-state index contributed by atoms with van der Waals surface area (Å²) in [6, 6.07) is 18.2. The molecule has 0 bridgehead atoms. The summed E-state index contributed by atoms with van der Waals surface area (Å²) in [7, 11) is 0. The Labute approximate surface area is 196 Å². The van der Waals surface area contributed by atoms with Crippen molar-refractivity contribution < 1.29 is 19.1 Å². The van der Waals surface area contributed by atoms with Crippen LogP contribution in [0.2, 0.25) is 10.0 Å². The van der Waals surface area contributed by atoms with Crippen LogP contribution < -0.4 is 14.9 Å². The topological polar surface area (TPSA) is 77.0 Å². The number of esters is 1. The number of carbonyl (C=O) groups is 2. The van der Waals surface area contributed by atoms with E-state index < -0.39 is 11.9 Å². The quantitative estimate of drug-likeness (QED) is 0.192. The van der Waals surface area contributed by atoms with Gasteiger partial charge in [0, 0.05) is 9.50 Å². The van der Waals surface area contributed by atoms with E-state index in [0.29, 0.717) is 22.1 Å². The average molecular weight is 522 g/mol. The molecule has 9 heteroatoms. The van der Waals surface area contributed by atoms with Crippen molar-refractivity contribution in [1.82, 2.24) is 5.43 Å². The second kappa shape index (κ2) is 10.9.